The Morgan fingerprint density at radius 3 is 2.33 bits per heavy atom. The molecule has 0 bridgehead atoms. The summed E-state index contributed by atoms with van der Waals surface area (Å²) >= 11 is 0. The van der Waals surface area contributed by atoms with Crippen LogP contribution in [0.5, 0.6) is 0 Å². The Labute approximate surface area is 125 Å². The van der Waals surface area contributed by atoms with Crippen molar-refractivity contribution in [2.75, 3.05) is 19.6 Å². The Hall–Kier alpha value is -1.63. The molecule has 0 aromatic carbocycles. The zero-order chi connectivity index (χ0) is 16.0. The molecule has 1 rings (SSSR count). The van der Waals surface area contributed by atoms with Gasteiger partial charge in [0.05, 0.1) is 5.41 Å². The summed E-state index contributed by atoms with van der Waals surface area (Å²) in [5, 5.41) is 13.8. The summed E-state index contributed by atoms with van der Waals surface area (Å²) in [5.41, 5.74) is -1.19. The summed E-state index contributed by atoms with van der Waals surface area (Å²) in [6.07, 6.45) is 2.12. The molecule has 7 nitrogen and oxygen atoms in total. The maximum atomic E-state index is 11.7. The number of nitrogens with zero attached hydrogens (tertiary/aromatic N) is 1. The molecule has 0 aromatic rings. The molecule has 1 aliphatic rings. The van der Waals surface area contributed by atoms with Crippen molar-refractivity contribution < 1.29 is 19.5 Å². The Bertz CT molecular complexity index is 403. The van der Waals surface area contributed by atoms with Crippen LogP contribution in [0.1, 0.15) is 40.0 Å². The summed E-state index contributed by atoms with van der Waals surface area (Å²) in [6.45, 7) is 7.61. The fourth-order valence-electron chi connectivity index (χ4n) is 2.31. The normalized spacial score (nSPS) is 17.3. The van der Waals surface area contributed by atoms with Crippen LogP contribution in [-0.2, 0) is 9.59 Å². The number of amides is 3. The number of carboxylic acids is 1. The van der Waals surface area contributed by atoms with Crippen molar-refractivity contribution in [3.05, 3.63) is 0 Å². The number of carbonyl (C=O) groups is 3. The van der Waals surface area contributed by atoms with Gasteiger partial charge in [0.1, 0.15) is 0 Å². The fourth-order valence-corrected chi connectivity index (χ4v) is 2.31. The Morgan fingerprint density at radius 2 is 1.81 bits per heavy atom. The van der Waals surface area contributed by atoms with Crippen LogP contribution in [0.3, 0.4) is 0 Å². The van der Waals surface area contributed by atoms with Crippen molar-refractivity contribution in [1.82, 2.24) is 15.5 Å². The van der Waals surface area contributed by atoms with Gasteiger partial charge in [-0.15, -0.1) is 0 Å². The molecule has 1 unspecified atom stereocenters. The van der Waals surface area contributed by atoms with E-state index in [1.165, 1.54) is 26.7 Å². The molecule has 1 saturated heterocycles. The Balaban J connectivity index is 2.32. The van der Waals surface area contributed by atoms with Gasteiger partial charge in [-0.25, -0.2) is 4.79 Å². The highest BCUT2D eigenvalue weighted by Crippen LogP contribution is 2.19. The van der Waals surface area contributed by atoms with Crippen molar-refractivity contribution in [3.8, 4) is 0 Å². The zero-order valence-electron chi connectivity index (χ0n) is 12.9. The topological polar surface area (TPSA) is 98.7 Å². The molecule has 0 aliphatic carbocycles. The Kier molecular flexibility index (Phi) is 6.14. The number of urea groups is 1. The van der Waals surface area contributed by atoms with E-state index in [9.17, 15) is 14.4 Å². The van der Waals surface area contributed by atoms with Gasteiger partial charge in [-0.3, -0.25) is 14.9 Å². The summed E-state index contributed by atoms with van der Waals surface area (Å²) in [4.78, 5) is 36.5. The van der Waals surface area contributed by atoms with Crippen LogP contribution in [0.2, 0.25) is 0 Å². The highest BCUT2D eigenvalue weighted by atomic mass is 16.4. The van der Waals surface area contributed by atoms with Gasteiger partial charge in [0.25, 0.3) is 0 Å². The van der Waals surface area contributed by atoms with Crippen LogP contribution in [0.15, 0.2) is 0 Å². The molecule has 0 aromatic heterocycles. The minimum Gasteiger partial charge on any atom is -0.481 e. The third kappa shape index (κ3) is 6.12. The van der Waals surface area contributed by atoms with Gasteiger partial charge in [0.15, 0.2) is 0 Å². The number of aliphatic carboxylic acids is 1. The molecule has 120 valence electrons. The lowest BCUT2D eigenvalue weighted by molar-refractivity contribution is -0.149. The lowest BCUT2D eigenvalue weighted by Gasteiger charge is -2.22. The minimum absolute atomic E-state index is 0.0663. The summed E-state index contributed by atoms with van der Waals surface area (Å²) in [7, 11) is 0. The number of carbonyl (C=O) groups excluding carboxylic acids is 2. The predicted octanol–water partition coefficient (Wildman–Crippen LogP) is 0.797. The average Bonchev–Trinajstić information content (AvgIpc) is 2.79. The van der Waals surface area contributed by atoms with Crippen molar-refractivity contribution in [2.24, 2.45) is 5.41 Å². The molecule has 7 heteroatoms. The molecule has 1 heterocycles. The molecule has 0 saturated carbocycles. The maximum absolute atomic E-state index is 11.7. The number of hydrogen-bond donors (Lipinski definition) is 3. The predicted molar refractivity (Wildman–Crippen MR) is 77.8 cm³/mol. The van der Waals surface area contributed by atoms with E-state index in [1.54, 1.807) is 0 Å². The summed E-state index contributed by atoms with van der Waals surface area (Å²) < 4.78 is 0. The number of imide groups is 1. The van der Waals surface area contributed by atoms with Crippen LogP contribution >= 0.6 is 0 Å². The van der Waals surface area contributed by atoms with Crippen LogP contribution in [0.25, 0.3) is 0 Å². The van der Waals surface area contributed by atoms with Crippen LogP contribution < -0.4 is 10.6 Å². The highest BCUT2D eigenvalue weighted by Gasteiger charge is 2.30. The minimum atomic E-state index is -1.19. The number of rotatable bonds is 6. The second-order valence-corrected chi connectivity index (χ2v) is 6.30. The van der Waals surface area contributed by atoms with Gasteiger partial charge in [-0.05, 0) is 46.7 Å². The fraction of sp³-hybridized carbons (Fsp3) is 0.786. The third-order valence-corrected chi connectivity index (χ3v) is 3.54. The number of likely N-dealkylation sites (tertiary alicyclic amines) is 1. The molecule has 1 atom stereocenters. The lowest BCUT2D eigenvalue weighted by Crippen LogP contribution is -2.48. The molecule has 0 radical (unpaired) electrons. The highest BCUT2D eigenvalue weighted by molar-refractivity contribution is 5.96. The lowest BCUT2D eigenvalue weighted by atomic mass is 9.89. The molecule has 3 N–H and O–H groups in total. The first kappa shape index (κ1) is 17.4. The van der Waals surface area contributed by atoms with Crippen molar-refractivity contribution in [1.29, 1.82) is 0 Å². The molecule has 0 spiro atoms. The second-order valence-electron chi connectivity index (χ2n) is 6.30. The van der Waals surface area contributed by atoms with E-state index in [2.05, 4.69) is 15.5 Å². The molecule has 21 heavy (non-hydrogen) atoms. The molecule has 1 fully saturated rings. The first-order chi connectivity index (χ1) is 9.70. The van der Waals surface area contributed by atoms with Crippen LogP contribution in [0.4, 0.5) is 4.79 Å². The van der Waals surface area contributed by atoms with Gasteiger partial charge < -0.3 is 15.3 Å². The van der Waals surface area contributed by atoms with E-state index < -0.39 is 23.3 Å². The van der Waals surface area contributed by atoms with E-state index in [0.29, 0.717) is 0 Å². The molecular formula is C14H25N3O4. The van der Waals surface area contributed by atoms with Gasteiger partial charge in [0.2, 0.25) is 5.91 Å². The zero-order valence-corrected chi connectivity index (χ0v) is 12.9. The third-order valence-electron chi connectivity index (χ3n) is 3.54. The SMILES string of the molecule is CC(CN1CCCC1)NC(=O)NC(=O)CC(C)(C)C(=O)O. The second kappa shape index (κ2) is 7.40. The van der Waals surface area contributed by atoms with Crippen LogP contribution in [-0.4, -0.2) is 53.6 Å². The number of hydrogen-bond acceptors (Lipinski definition) is 4. The van der Waals surface area contributed by atoms with Gasteiger partial charge in [-0.1, -0.05) is 0 Å². The van der Waals surface area contributed by atoms with E-state index in [0.717, 1.165) is 19.6 Å². The van der Waals surface area contributed by atoms with Gasteiger partial charge in [0, 0.05) is 19.0 Å². The van der Waals surface area contributed by atoms with Gasteiger partial charge >= 0.3 is 12.0 Å². The molecule has 3 amide bonds. The van der Waals surface area contributed by atoms with Crippen molar-refractivity contribution in [3.63, 3.8) is 0 Å². The first-order valence-electron chi connectivity index (χ1n) is 7.27. The maximum Gasteiger partial charge on any atom is 0.321 e. The largest absolute Gasteiger partial charge is 0.481 e. The van der Waals surface area contributed by atoms with E-state index >= 15 is 0 Å². The van der Waals surface area contributed by atoms with Crippen LogP contribution in [0, 0.1) is 5.41 Å². The quantitative estimate of drug-likeness (QED) is 0.674. The van der Waals surface area contributed by atoms with E-state index in [4.69, 9.17) is 5.11 Å². The number of carboxylic acid groups (broad SMARTS) is 1. The summed E-state index contributed by atoms with van der Waals surface area (Å²) in [5.74, 6) is -1.66. The Morgan fingerprint density at radius 1 is 1.24 bits per heavy atom. The van der Waals surface area contributed by atoms with Gasteiger partial charge in [-0.2, -0.15) is 0 Å². The molecule has 1 aliphatic heterocycles. The van der Waals surface area contributed by atoms with Crippen molar-refractivity contribution in [2.45, 2.75) is 46.1 Å². The number of nitrogens with one attached hydrogen (secondary N) is 2. The first-order valence-corrected chi connectivity index (χ1v) is 7.27. The van der Waals surface area contributed by atoms with E-state index in [1.807, 2.05) is 6.92 Å². The molecular weight excluding hydrogens is 274 g/mol. The monoisotopic (exact) mass is 299 g/mol. The van der Waals surface area contributed by atoms with Crippen molar-refractivity contribution >= 4 is 17.9 Å². The van der Waals surface area contributed by atoms with E-state index in [-0.39, 0.29) is 12.5 Å². The standard InChI is InChI=1S/C14H25N3O4/c1-10(9-17-6-4-5-7-17)15-13(21)16-11(18)8-14(2,3)12(19)20/h10H,4-9H2,1-3H3,(H,19,20)(H2,15,16,18,21). The average molecular weight is 299 g/mol. The summed E-state index contributed by atoms with van der Waals surface area (Å²) in [6, 6.07) is -0.642. The smallest absolute Gasteiger partial charge is 0.321 e.